The molecule has 0 amide bonds. The maximum Gasteiger partial charge on any atom is 0.0540 e. The highest BCUT2D eigenvalue weighted by atomic mass is 15.1. The summed E-state index contributed by atoms with van der Waals surface area (Å²) in [7, 11) is 0. The van der Waals surface area contributed by atoms with E-state index in [0.717, 1.165) is 31.4 Å². The predicted molar refractivity (Wildman–Crippen MR) is 229 cm³/mol. The molecule has 0 N–H and O–H groups in total. The molecule has 0 heterocycles. The van der Waals surface area contributed by atoms with Gasteiger partial charge in [-0.05, 0) is 123 Å². The molecule has 0 radical (unpaired) electrons. The largest absolute Gasteiger partial charge is 0.310 e. The summed E-state index contributed by atoms with van der Waals surface area (Å²) in [5, 5.41) is 0. The van der Waals surface area contributed by atoms with Crippen molar-refractivity contribution in [2.75, 3.05) is 4.90 Å². The fourth-order valence-electron chi connectivity index (χ4n) is 10.6. The number of hydrogen-bond acceptors (Lipinski definition) is 1. The van der Waals surface area contributed by atoms with E-state index in [1.54, 1.807) is 0 Å². The summed E-state index contributed by atoms with van der Waals surface area (Å²) < 4.78 is 0. The van der Waals surface area contributed by atoms with Gasteiger partial charge in [0.05, 0.1) is 5.69 Å². The molecule has 8 aromatic carbocycles. The highest BCUT2D eigenvalue weighted by Crippen LogP contribution is 2.64. The molecule has 1 nitrogen and oxygen atoms in total. The highest BCUT2D eigenvalue weighted by Gasteiger charge is 2.53. The minimum atomic E-state index is -0.107. The lowest BCUT2D eigenvalue weighted by Crippen LogP contribution is -2.39. The summed E-state index contributed by atoms with van der Waals surface area (Å²) in [6.45, 7) is 0. The Morgan fingerprint density at radius 3 is 1.38 bits per heavy atom. The second-order valence-electron chi connectivity index (χ2n) is 15.7. The molecule has 0 aliphatic heterocycles. The number of rotatable bonds is 5. The fourth-order valence-corrected chi connectivity index (χ4v) is 10.6. The Bertz CT molecular complexity index is 2650. The Morgan fingerprint density at radius 2 is 0.745 bits per heavy atom. The Morgan fingerprint density at radius 1 is 0.291 bits per heavy atom. The molecule has 3 aliphatic rings. The van der Waals surface area contributed by atoms with Crippen molar-refractivity contribution in [2.24, 2.45) is 0 Å². The molecule has 0 atom stereocenters. The second-order valence-corrected chi connectivity index (χ2v) is 15.7. The van der Waals surface area contributed by atoms with Gasteiger partial charge in [-0.1, -0.05) is 164 Å². The van der Waals surface area contributed by atoms with E-state index in [9.17, 15) is 0 Å². The third-order valence-electron chi connectivity index (χ3n) is 13.1. The quantitative estimate of drug-likeness (QED) is 0.172. The highest BCUT2D eigenvalue weighted by molar-refractivity contribution is 5.91. The lowest BCUT2D eigenvalue weighted by Gasteiger charge is -2.46. The summed E-state index contributed by atoms with van der Waals surface area (Å²) in [5.74, 6) is 0. The molecular weight excluding hydrogens is 663 g/mol. The van der Waals surface area contributed by atoms with E-state index >= 15 is 0 Å². The van der Waals surface area contributed by atoms with Gasteiger partial charge in [0.25, 0.3) is 0 Å². The van der Waals surface area contributed by atoms with E-state index in [4.69, 9.17) is 0 Å². The smallest absolute Gasteiger partial charge is 0.0540 e. The summed E-state index contributed by atoms with van der Waals surface area (Å²) in [5.41, 5.74) is 20.1. The maximum atomic E-state index is 2.56. The van der Waals surface area contributed by atoms with Gasteiger partial charge in [0.1, 0.15) is 0 Å². The fraction of sp³-hybridized carbons (Fsp3) is 0.111. The molecule has 262 valence electrons. The van der Waals surface area contributed by atoms with E-state index in [1.807, 2.05) is 0 Å². The average molecular weight is 704 g/mol. The van der Waals surface area contributed by atoms with Crippen LogP contribution in [0.15, 0.2) is 200 Å². The molecule has 0 aromatic heterocycles. The topological polar surface area (TPSA) is 3.24 Å². The third-order valence-corrected chi connectivity index (χ3v) is 13.1. The minimum absolute atomic E-state index is 0.0285. The number of anilines is 3. The van der Waals surface area contributed by atoms with Crippen molar-refractivity contribution in [3.05, 3.63) is 222 Å². The Labute approximate surface area is 324 Å². The number of fused-ring (bicyclic) bond motifs is 10. The van der Waals surface area contributed by atoms with Gasteiger partial charge in [-0.15, -0.1) is 0 Å². The Balaban J connectivity index is 1.10. The van der Waals surface area contributed by atoms with Gasteiger partial charge < -0.3 is 4.90 Å². The average Bonchev–Trinajstić information content (AvgIpc) is 3.69. The van der Waals surface area contributed by atoms with Crippen LogP contribution in [0.1, 0.15) is 47.9 Å². The van der Waals surface area contributed by atoms with Gasteiger partial charge in [-0.25, -0.2) is 0 Å². The van der Waals surface area contributed by atoms with Crippen molar-refractivity contribution >= 4 is 17.1 Å². The predicted octanol–water partition coefficient (Wildman–Crippen LogP) is 14.3. The van der Waals surface area contributed by atoms with E-state index in [1.165, 1.54) is 78.1 Å². The van der Waals surface area contributed by atoms with Crippen molar-refractivity contribution in [3.63, 3.8) is 0 Å². The first-order valence-corrected chi connectivity index (χ1v) is 19.8. The number of hydrogen-bond donors (Lipinski definition) is 0. The van der Waals surface area contributed by atoms with Crippen LogP contribution < -0.4 is 4.90 Å². The van der Waals surface area contributed by atoms with E-state index in [-0.39, 0.29) is 10.8 Å². The van der Waals surface area contributed by atoms with Gasteiger partial charge in [0.2, 0.25) is 0 Å². The maximum absolute atomic E-state index is 2.56. The summed E-state index contributed by atoms with van der Waals surface area (Å²) >= 11 is 0. The van der Waals surface area contributed by atoms with Crippen LogP contribution in [0, 0.1) is 0 Å². The first-order chi connectivity index (χ1) is 27.2. The van der Waals surface area contributed by atoms with Gasteiger partial charge in [-0.2, -0.15) is 0 Å². The molecule has 55 heavy (non-hydrogen) atoms. The first kappa shape index (κ1) is 32.0. The molecule has 1 fully saturated rings. The number of nitrogens with zero attached hydrogens (tertiary/aromatic N) is 1. The first-order valence-electron chi connectivity index (χ1n) is 19.8. The van der Waals surface area contributed by atoms with Crippen LogP contribution in [0.3, 0.4) is 0 Å². The molecule has 3 aliphatic carbocycles. The van der Waals surface area contributed by atoms with Crippen LogP contribution in [0.2, 0.25) is 0 Å². The van der Waals surface area contributed by atoms with E-state index in [2.05, 4.69) is 205 Å². The second kappa shape index (κ2) is 12.6. The molecular formula is C54H41N. The van der Waals surface area contributed by atoms with Crippen LogP contribution in [0.5, 0.6) is 0 Å². The summed E-state index contributed by atoms with van der Waals surface area (Å²) in [6, 6.07) is 74.6. The molecule has 0 bridgehead atoms. The summed E-state index contributed by atoms with van der Waals surface area (Å²) in [4.78, 5) is 2.47. The zero-order chi connectivity index (χ0) is 36.4. The molecule has 1 saturated carbocycles. The van der Waals surface area contributed by atoms with Gasteiger partial charge >= 0.3 is 0 Å². The molecule has 11 rings (SSSR count). The van der Waals surface area contributed by atoms with Crippen molar-refractivity contribution in [3.8, 4) is 44.5 Å². The minimum Gasteiger partial charge on any atom is -0.310 e. The van der Waals surface area contributed by atoms with Gasteiger partial charge in [0, 0.05) is 27.8 Å². The lowest BCUT2D eigenvalue weighted by atomic mass is 9.57. The van der Waals surface area contributed by atoms with Crippen molar-refractivity contribution < 1.29 is 0 Å². The number of para-hydroxylation sites is 2. The normalized spacial score (nSPS) is 15.3. The monoisotopic (exact) mass is 703 g/mol. The van der Waals surface area contributed by atoms with Crippen LogP contribution in [0.4, 0.5) is 17.1 Å². The molecule has 1 heteroatoms. The van der Waals surface area contributed by atoms with Crippen LogP contribution in [-0.4, -0.2) is 0 Å². The zero-order valence-electron chi connectivity index (χ0n) is 30.8. The van der Waals surface area contributed by atoms with Crippen molar-refractivity contribution in [1.29, 1.82) is 0 Å². The SMILES string of the molecule is c1ccc(-c2ccc3c(c2)C2(CCC4(CC2)c2ccccc2-c2ccccc24)c2cc(N(c4ccccc4)c4ccccc4-c4ccccc4)ccc2-3)cc1. The van der Waals surface area contributed by atoms with Crippen LogP contribution in [-0.2, 0) is 10.8 Å². The summed E-state index contributed by atoms with van der Waals surface area (Å²) in [6.07, 6.45) is 4.39. The zero-order valence-corrected chi connectivity index (χ0v) is 30.8. The standard InChI is InChI=1S/C54H41N/c1-4-16-38(17-5-1)40-28-30-46-47-31-29-42(55(41-20-8-3-9-21-41)52-27-15-12-22-43(52)39-18-6-2-7-19-39)37-51(47)54(50(46)36-40)34-32-53(33-35-54)48-25-13-10-23-44(48)45-24-11-14-26-49(45)53/h1-31,36-37H,32-35H2. The van der Waals surface area contributed by atoms with E-state index < -0.39 is 0 Å². The van der Waals surface area contributed by atoms with Crippen LogP contribution in [0.25, 0.3) is 44.5 Å². The van der Waals surface area contributed by atoms with Gasteiger partial charge in [0.15, 0.2) is 0 Å². The number of benzene rings is 8. The van der Waals surface area contributed by atoms with Crippen LogP contribution >= 0.6 is 0 Å². The van der Waals surface area contributed by atoms with Crippen molar-refractivity contribution in [2.45, 2.75) is 36.5 Å². The van der Waals surface area contributed by atoms with Crippen molar-refractivity contribution in [1.82, 2.24) is 0 Å². The Hall–Kier alpha value is -6.44. The molecule has 8 aromatic rings. The Kier molecular flexibility index (Phi) is 7.32. The van der Waals surface area contributed by atoms with E-state index in [0.29, 0.717) is 0 Å². The molecule has 0 unspecified atom stereocenters. The van der Waals surface area contributed by atoms with Gasteiger partial charge in [-0.3, -0.25) is 0 Å². The molecule has 2 spiro atoms. The third kappa shape index (κ3) is 4.86. The molecule has 0 saturated heterocycles. The lowest BCUT2D eigenvalue weighted by molar-refractivity contribution is 0.265.